The molecule has 1 saturated heterocycles. The average molecular weight is 321 g/mol. The lowest BCUT2D eigenvalue weighted by Crippen LogP contribution is -2.34. The molecule has 2 aromatic rings. The first kappa shape index (κ1) is 14.6. The SMILES string of the molecule is O=C(CN1CSCC1=O)Nc1cc(-c2ccccc2F)no1. The van der Waals surface area contributed by atoms with Crippen LogP contribution in [0.5, 0.6) is 0 Å². The second-order valence-electron chi connectivity index (χ2n) is 4.67. The van der Waals surface area contributed by atoms with Crippen LogP contribution in [0.15, 0.2) is 34.9 Å². The zero-order valence-electron chi connectivity index (χ0n) is 11.4. The summed E-state index contributed by atoms with van der Waals surface area (Å²) in [6.07, 6.45) is 0. The Kier molecular flexibility index (Phi) is 4.10. The van der Waals surface area contributed by atoms with Gasteiger partial charge in [-0.25, -0.2) is 4.39 Å². The Morgan fingerprint density at radius 2 is 2.27 bits per heavy atom. The summed E-state index contributed by atoms with van der Waals surface area (Å²) in [5, 5.41) is 6.24. The highest BCUT2D eigenvalue weighted by atomic mass is 32.2. The summed E-state index contributed by atoms with van der Waals surface area (Å²) in [6.45, 7) is -0.0401. The topological polar surface area (TPSA) is 75.4 Å². The van der Waals surface area contributed by atoms with Gasteiger partial charge in [-0.05, 0) is 12.1 Å². The Morgan fingerprint density at radius 1 is 1.45 bits per heavy atom. The van der Waals surface area contributed by atoms with E-state index in [-0.39, 0.29) is 29.8 Å². The summed E-state index contributed by atoms with van der Waals surface area (Å²) in [5.41, 5.74) is 0.582. The largest absolute Gasteiger partial charge is 0.338 e. The molecular weight excluding hydrogens is 309 g/mol. The van der Waals surface area contributed by atoms with Crippen molar-refractivity contribution in [2.24, 2.45) is 0 Å². The fourth-order valence-corrected chi connectivity index (χ4v) is 2.92. The van der Waals surface area contributed by atoms with Crippen molar-refractivity contribution in [3.63, 3.8) is 0 Å². The first-order valence-corrected chi connectivity index (χ1v) is 7.66. The zero-order chi connectivity index (χ0) is 15.5. The fraction of sp³-hybridized carbons (Fsp3) is 0.214. The van der Waals surface area contributed by atoms with Crippen LogP contribution in [-0.4, -0.2) is 40.0 Å². The van der Waals surface area contributed by atoms with E-state index >= 15 is 0 Å². The van der Waals surface area contributed by atoms with Crippen LogP contribution in [0.3, 0.4) is 0 Å². The first-order chi connectivity index (χ1) is 10.6. The standard InChI is InChI=1S/C14H12FN3O3S/c15-10-4-2-1-3-9(10)11-5-13(21-17-11)16-12(19)6-18-8-22-7-14(18)20/h1-5H,6-8H2,(H,16,19). The number of carbonyl (C=O) groups is 2. The third-order valence-electron chi connectivity index (χ3n) is 3.08. The van der Waals surface area contributed by atoms with Crippen LogP contribution in [0.2, 0.25) is 0 Å². The Bertz CT molecular complexity index is 719. The number of nitrogens with zero attached hydrogens (tertiary/aromatic N) is 2. The van der Waals surface area contributed by atoms with Gasteiger partial charge in [0.2, 0.25) is 17.7 Å². The van der Waals surface area contributed by atoms with Crippen LogP contribution >= 0.6 is 11.8 Å². The van der Waals surface area contributed by atoms with Gasteiger partial charge in [0.25, 0.3) is 0 Å². The van der Waals surface area contributed by atoms with E-state index in [2.05, 4.69) is 10.5 Å². The van der Waals surface area contributed by atoms with Crippen molar-refractivity contribution in [3.8, 4) is 11.3 Å². The van der Waals surface area contributed by atoms with Gasteiger partial charge in [-0.1, -0.05) is 17.3 Å². The molecule has 1 aromatic heterocycles. The maximum atomic E-state index is 13.6. The number of thioether (sulfide) groups is 1. The van der Waals surface area contributed by atoms with Gasteiger partial charge in [0, 0.05) is 11.6 Å². The van der Waals surface area contributed by atoms with E-state index in [1.54, 1.807) is 18.2 Å². The molecule has 0 saturated carbocycles. The number of benzene rings is 1. The molecule has 22 heavy (non-hydrogen) atoms. The molecule has 1 aliphatic heterocycles. The molecule has 2 heterocycles. The van der Waals surface area contributed by atoms with E-state index in [4.69, 9.17) is 4.52 Å². The summed E-state index contributed by atoms with van der Waals surface area (Å²) in [6, 6.07) is 7.59. The van der Waals surface area contributed by atoms with Gasteiger partial charge in [0.1, 0.15) is 18.1 Å². The van der Waals surface area contributed by atoms with Gasteiger partial charge in [0.05, 0.1) is 11.6 Å². The summed E-state index contributed by atoms with van der Waals surface area (Å²) in [7, 11) is 0. The number of halogens is 1. The Labute approximate surface area is 129 Å². The molecule has 0 spiro atoms. The van der Waals surface area contributed by atoms with E-state index in [1.165, 1.54) is 28.8 Å². The van der Waals surface area contributed by atoms with Gasteiger partial charge in [-0.15, -0.1) is 11.8 Å². The predicted octanol–water partition coefficient (Wildman–Crippen LogP) is 1.95. The molecule has 114 valence electrons. The van der Waals surface area contributed by atoms with Crippen molar-refractivity contribution in [3.05, 3.63) is 36.1 Å². The van der Waals surface area contributed by atoms with Gasteiger partial charge in [0.15, 0.2) is 0 Å². The van der Waals surface area contributed by atoms with Gasteiger partial charge < -0.3 is 9.42 Å². The minimum Gasteiger partial charge on any atom is -0.338 e. The number of carbonyl (C=O) groups excluding carboxylic acids is 2. The highest BCUT2D eigenvalue weighted by Gasteiger charge is 2.23. The van der Waals surface area contributed by atoms with Gasteiger partial charge in [-0.2, -0.15) is 0 Å². The molecule has 1 aliphatic rings. The second kappa shape index (κ2) is 6.18. The number of rotatable bonds is 4. The third-order valence-corrected chi connectivity index (χ3v) is 4.03. The summed E-state index contributed by atoms with van der Waals surface area (Å²) in [4.78, 5) is 24.7. The quantitative estimate of drug-likeness (QED) is 0.931. The minimum absolute atomic E-state index is 0.0401. The highest BCUT2D eigenvalue weighted by molar-refractivity contribution is 8.00. The van der Waals surface area contributed by atoms with E-state index < -0.39 is 5.82 Å². The number of anilines is 1. The summed E-state index contributed by atoms with van der Waals surface area (Å²) in [5.74, 6) is 0.142. The molecule has 0 aliphatic carbocycles. The average Bonchev–Trinajstić information content (AvgIpc) is 3.10. The fourth-order valence-electron chi connectivity index (χ4n) is 2.02. The first-order valence-electron chi connectivity index (χ1n) is 6.50. The van der Waals surface area contributed by atoms with Crippen molar-refractivity contribution in [2.75, 3.05) is 23.5 Å². The molecule has 0 bridgehead atoms. The Morgan fingerprint density at radius 3 is 3.00 bits per heavy atom. The van der Waals surface area contributed by atoms with Crippen molar-refractivity contribution in [1.82, 2.24) is 10.1 Å². The van der Waals surface area contributed by atoms with Crippen molar-refractivity contribution in [1.29, 1.82) is 0 Å². The van der Waals surface area contributed by atoms with Crippen LogP contribution < -0.4 is 5.32 Å². The number of hydrogen-bond acceptors (Lipinski definition) is 5. The number of nitrogens with one attached hydrogen (secondary N) is 1. The molecule has 0 atom stereocenters. The lowest BCUT2D eigenvalue weighted by Gasteiger charge is -2.12. The Balaban J connectivity index is 1.65. The second-order valence-corrected chi connectivity index (χ2v) is 5.63. The van der Waals surface area contributed by atoms with Crippen molar-refractivity contribution < 1.29 is 18.5 Å². The molecular formula is C14H12FN3O3S. The molecule has 6 nitrogen and oxygen atoms in total. The summed E-state index contributed by atoms with van der Waals surface area (Å²) < 4.78 is 18.6. The predicted molar refractivity (Wildman–Crippen MR) is 79.6 cm³/mol. The zero-order valence-corrected chi connectivity index (χ0v) is 12.2. The van der Waals surface area contributed by atoms with Crippen LogP contribution in [0.1, 0.15) is 0 Å². The van der Waals surface area contributed by atoms with E-state index in [0.29, 0.717) is 17.3 Å². The molecule has 0 radical (unpaired) electrons. The minimum atomic E-state index is -0.423. The van der Waals surface area contributed by atoms with Crippen molar-refractivity contribution in [2.45, 2.75) is 0 Å². The number of hydrogen-bond donors (Lipinski definition) is 1. The summed E-state index contributed by atoms with van der Waals surface area (Å²) >= 11 is 1.46. The van der Waals surface area contributed by atoms with Crippen LogP contribution in [-0.2, 0) is 9.59 Å². The highest BCUT2D eigenvalue weighted by Crippen LogP contribution is 2.24. The van der Waals surface area contributed by atoms with Gasteiger partial charge >= 0.3 is 0 Å². The maximum absolute atomic E-state index is 13.6. The number of aromatic nitrogens is 1. The lowest BCUT2D eigenvalue weighted by molar-refractivity contribution is -0.130. The third kappa shape index (κ3) is 3.11. The smallest absolute Gasteiger partial charge is 0.246 e. The molecule has 1 aromatic carbocycles. The normalized spacial score (nSPS) is 14.4. The van der Waals surface area contributed by atoms with E-state index in [9.17, 15) is 14.0 Å². The monoisotopic (exact) mass is 321 g/mol. The molecule has 8 heteroatoms. The molecule has 1 N–H and O–H groups in total. The van der Waals surface area contributed by atoms with Crippen LogP contribution in [0.4, 0.5) is 10.3 Å². The maximum Gasteiger partial charge on any atom is 0.246 e. The van der Waals surface area contributed by atoms with E-state index in [0.717, 1.165) is 0 Å². The molecule has 0 unspecified atom stereocenters. The molecule has 1 fully saturated rings. The Hall–Kier alpha value is -2.35. The van der Waals surface area contributed by atoms with Crippen molar-refractivity contribution >= 4 is 29.5 Å². The van der Waals surface area contributed by atoms with Gasteiger partial charge in [-0.3, -0.25) is 14.9 Å². The number of amides is 2. The lowest BCUT2D eigenvalue weighted by atomic mass is 10.1. The van der Waals surface area contributed by atoms with Crippen LogP contribution in [0.25, 0.3) is 11.3 Å². The van der Waals surface area contributed by atoms with E-state index in [1.807, 2.05) is 0 Å². The van der Waals surface area contributed by atoms with Crippen LogP contribution in [0, 0.1) is 5.82 Å². The molecule has 3 rings (SSSR count). The molecule has 2 amide bonds.